The van der Waals surface area contributed by atoms with Gasteiger partial charge in [0.1, 0.15) is 17.1 Å². The van der Waals surface area contributed by atoms with Crippen LogP contribution in [0.15, 0.2) is 29.2 Å². The van der Waals surface area contributed by atoms with E-state index in [1.807, 2.05) is 0 Å². The number of rotatable bonds is 2. The summed E-state index contributed by atoms with van der Waals surface area (Å²) in [5.74, 6) is -2.70. The minimum Gasteiger partial charge on any atom is -0.397 e. The largest absolute Gasteiger partial charge is 0.397 e. The van der Waals surface area contributed by atoms with Crippen LogP contribution in [-0.2, 0) is 0 Å². The van der Waals surface area contributed by atoms with Gasteiger partial charge in [-0.15, -0.1) is 0 Å². The second-order valence-electron chi connectivity index (χ2n) is 4.20. The van der Waals surface area contributed by atoms with E-state index in [0.29, 0.717) is 11.8 Å². The topological polar surface area (TPSA) is 88.0 Å². The first-order chi connectivity index (χ1) is 9.38. The molecule has 2 rings (SSSR count). The fraction of sp³-hybridized carbons (Fsp3) is 0.0769. The molecule has 4 N–H and O–H groups in total. The van der Waals surface area contributed by atoms with E-state index < -0.39 is 23.0 Å². The summed E-state index contributed by atoms with van der Waals surface area (Å²) in [6, 6.07) is 2.70. The third-order valence-electron chi connectivity index (χ3n) is 2.63. The molecule has 0 saturated heterocycles. The van der Waals surface area contributed by atoms with Crippen LogP contribution in [0.5, 0.6) is 0 Å². The number of amides is 1. The standard InChI is InChI=1S/C13H11F2N3O2/c1-6-2-11(19)8(5-17-6)13(20)18-12-9(15)3-7(14)4-10(12)16/h2-5H,16H2,1H3,(H,17,19)(H,18,20). The first-order valence-corrected chi connectivity index (χ1v) is 5.63. The lowest BCUT2D eigenvalue weighted by Gasteiger charge is -2.09. The number of hydrogen-bond donors (Lipinski definition) is 3. The van der Waals surface area contributed by atoms with Crippen LogP contribution in [0.1, 0.15) is 16.1 Å². The molecule has 1 heterocycles. The lowest BCUT2D eigenvalue weighted by atomic mass is 10.2. The quantitative estimate of drug-likeness (QED) is 0.732. The van der Waals surface area contributed by atoms with Crippen LogP contribution in [0, 0.1) is 18.6 Å². The average Bonchev–Trinajstić information content (AvgIpc) is 2.33. The average molecular weight is 279 g/mol. The summed E-state index contributed by atoms with van der Waals surface area (Å²) in [5, 5.41) is 2.16. The molecule has 0 fully saturated rings. The molecule has 1 aromatic heterocycles. The normalized spacial score (nSPS) is 10.3. The summed E-state index contributed by atoms with van der Waals surface area (Å²) < 4.78 is 26.4. The van der Waals surface area contributed by atoms with Gasteiger partial charge in [0, 0.05) is 24.0 Å². The van der Waals surface area contributed by atoms with Crippen LogP contribution in [0.4, 0.5) is 20.2 Å². The molecule has 1 amide bonds. The van der Waals surface area contributed by atoms with E-state index in [-0.39, 0.29) is 16.9 Å². The summed E-state index contributed by atoms with van der Waals surface area (Å²) in [5.41, 5.74) is 4.67. The lowest BCUT2D eigenvalue weighted by molar-refractivity contribution is 0.102. The van der Waals surface area contributed by atoms with E-state index in [4.69, 9.17) is 5.73 Å². The molecule has 0 unspecified atom stereocenters. The van der Waals surface area contributed by atoms with Crippen molar-refractivity contribution in [2.45, 2.75) is 6.92 Å². The molecule has 7 heteroatoms. The molecular formula is C13H11F2N3O2. The SMILES string of the molecule is Cc1cc(=O)c(C(=O)Nc2c(N)cc(F)cc2F)c[nH]1. The number of hydrogen-bond acceptors (Lipinski definition) is 3. The summed E-state index contributed by atoms with van der Waals surface area (Å²) >= 11 is 0. The maximum atomic E-state index is 13.5. The minimum atomic E-state index is -1.01. The number of nitrogens with one attached hydrogen (secondary N) is 2. The highest BCUT2D eigenvalue weighted by Gasteiger charge is 2.15. The van der Waals surface area contributed by atoms with E-state index >= 15 is 0 Å². The van der Waals surface area contributed by atoms with Gasteiger partial charge in [0.25, 0.3) is 5.91 Å². The summed E-state index contributed by atoms with van der Waals surface area (Å²) in [4.78, 5) is 26.2. The number of aromatic nitrogens is 1. The molecule has 0 radical (unpaired) electrons. The van der Waals surface area contributed by atoms with Gasteiger partial charge in [-0.05, 0) is 13.0 Å². The van der Waals surface area contributed by atoms with Gasteiger partial charge < -0.3 is 16.0 Å². The van der Waals surface area contributed by atoms with Crippen LogP contribution >= 0.6 is 0 Å². The monoisotopic (exact) mass is 279 g/mol. The van der Waals surface area contributed by atoms with Crippen molar-refractivity contribution in [3.05, 3.63) is 57.5 Å². The van der Waals surface area contributed by atoms with Crippen LogP contribution < -0.4 is 16.5 Å². The highest BCUT2D eigenvalue weighted by Crippen LogP contribution is 2.24. The second kappa shape index (κ2) is 5.12. The third kappa shape index (κ3) is 2.66. The Morgan fingerprint density at radius 2 is 2.00 bits per heavy atom. The van der Waals surface area contributed by atoms with Gasteiger partial charge in [0.15, 0.2) is 11.2 Å². The number of aromatic amines is 1. The van der Waals surface area contributed by atoms with Crippen LogP contribution in [-0.4, -0.2) is 10.9 Å². The number of nitrogens with two attached hydrogens (primary N) is 1. The zero-order valence-corrected chi connectivity index (χ0v) is 10.5. The number of pyridine rings is 1. The van der Waals surface area contributed by atoms with Gasteiger partial charge in [0.05, 0.1) is 5.69 Å². The number of halogens is 2. The van der Waals surface area contributed by atoms with Gasteiger partial charge in [0.2, 0.25) is 0 Å². The Kier molecular flexibility index (Phi) is 3.51. The molecule has 0 aliphatic carbocycles. The fourth-order valence-corrected chi connectivity index (χ4v) is 1.66. The number of carbonyl (C=O) groups is 1. The minimum absolute atomic E-state index is 0.196. The maximum Gasteiger partial charge on any atom is 0.261 e. The third-order valence-corrected chi connectivity index (χ3v) is 2.63. The highest BCUT2D eigenvalue weighted by molar-refractivity contribution is 6.05. The highest BCUT2D eigenvalue weighted by atomic mass is 19.1. The van der Waals surface area contributed by atoms with Crippen molar-refractivity contribution in [2.75, 3.05) is 11.1 Å². The van der Waals surface area contributed by atoms with Gasteiger partial charge >= 0.3 is 0 Å². The molecule has 0 atom stereocenters. The van der Waals surface area contributed by atoms with Gasteiger partial charge in [-0.2, -0.15) is 0 Å². The van der Waals surface area contributed by atoms with Crippen molar-refractivity contribution in [2.24, 2.45) is 0 Å². The molecule has 20 heavy (non-hydrogen) atoms. The Bertz CT molecular complexity index is 718. The summed E-state index contributed by atoms with van der Waals surface area (Å²) in [6.07, 6.45) is 1.21. The molecule has 0 aliphatic heterocycles. The Hall–Kier alpha value is -2.70. The van der Waals surface area contributed by atoms with E-state index in [1.54, 1.807) is 6.92 Å². The zero-order chi connectivity index (χ0) is 14.9. The number of carbonyl (C=O) groups excluding carboxylic acids is 1. The zero-order valence-electron chi connectivity index (χ0n) is 10.5. The van der Waals surface area contributed by atoms with Crippen LogP contribution in [0.2, 0.25) is 0 Å². The van der Waals surface area contributed by atoms with Crippen molar-refractivity contribution >= 4 is 17.3 Å². The molecular weight excluding hydrogens is 268 g/mol. The Balaban J connectivity index is 2.35. The molecule has 0 spiro atoms. The van der Waals surface area contributed by atoms with Gasteiger partial charge in [-0.1, -0.05) is 0 Å². The Labute approximate surface area is 112 Å². The molecule has 0 saturated carbocycles. The molecule has 5 nitrogen and oxygen atoms in total. The number of nitrogen functional groups attached to an aromatic ring is 1. The Morgan fingerprint density at radius 1 is 1.30 bits per heavy atom. The van der Waals surface area contributed by atoms with Crippen LogP contribution in [0.3, 0.4) is 0 Å². The summed E-state index contributed by atoms with van der Waals surface area (Å²) in [7, 11) is 0. The summed E-state index contributed by atoms with van der Waals surface area (Å²) in [6.45, 7) is 1.65. The first-order valence-electron chi connectivity index (χ1n) is 5.63. The van der Waals surface area contributed by atoms with Crippen molar-refractivity contribution in [3.63, 3.8) is 0 Å². The molecule has 0 bridgehead atoms. The van der Waals surface area contributed by atoms with Gasteiger partial charge in [-0.3, -0.25) is 9.59 Å². The van der Waals surface area contributed by atoms with E-state index in [9.17, 15) is 18.4 Å². The number of H-pyrrole nitrogens is 1. The Morgan fingerprint density at radius 3 is 2.60 bits per heavy atom. The lowest BCUT2D eigenvalue weighted by Crippen LogP contribution is -2.22. The van der Waals surface area contributed by atoms with Crippen LogP contribution in [0.25, 0.3) is 0 Å². The first kappa shape index (κ1) is 13.7. The maximum absolute atomic E-state index is 13.5. The van der Waals surface area contributed by atoms with E-state index in [1.165, 1.54) is 12.3 Å². The molecule has 2 aromatic rings. The van der Waals surface area contributed by atoms with Crippen molar-refractivity contribution in [1.29, 1.82) is 0 Å². The van der Waals surface area contributed by atoms with E-state index in [2.05, 4.69) is 10.3 Å². The number of aryl methyl sites for hydroxylation is 1. The second-order valence-corrected chi connectivity index (χ2v) is 4.20. The van der Waals surface area contributed by atoms with Crippen molar-refractivity contribution in [3.8, 4) is 0 Å². The van der Waals surface area contributed by atoms with Crippen molar-refractivity contribution < 1.29 is 13.6 Å². The molecule has 1 aromatic carbocycles. The molecule has 0 aliphatic rings. The smallest absolute Gasteiger partial charge is 0.261 e. The fourth-order valence-electron chi connectivity index (χ4n) is 1.66. The van der Waals surface area contributed by atoms with Crippen molar-refractivity contribution in [1.82, 2.24) is 4.98 Å². The van der Waals surface area contributed by atoms with Gasteiger partial charge in [-0.25, -0.2) is 8.78 Å². The number of anilines is 2. The number of benzene rings is 1. The predicted octanol–water partition coefficient (Wildman–Crippen LogP) is 1.80. The predicted molar refractivity (Wildman–Crippen MR) is 70.5 cm³/mol. The van der Waals surface area contributed by atoms with E-state index in [0.717, 1.165) is 6.07 Å². The molecule has 104 valence electrons.